The molecule has 0 fully saturated rings. The highest BCUT2D eigenvalue weighted by Crippen LogP contribution is 2.21. The molecule has 0 bridgehead atoms. The van der Waals surface area contributed by atoms with Crippen molar-refractivity contribution in [2.75, 3.05) is 13.2 Å². The average molecular weight is 359 g/mol. The molecule has 0 atom stereocenters. The molecule has 132 valence electrons. The van der Waals surface area contributed by atoms with Crippen molar-refractivity contribution >= 4 is 29.0 Å². The molecule has 0 aliphatic rings. The van der Waals surface area contributed by atoms with Crippen LogP contribution >= 0.6 is 11.3 Å². The van der Waals surface area contributed by atoms with E-state index in [1.54, 1.807) is 18.2 Å². The van der Waals surface area contributed by atoms with Gasteiger partial charge in [-0.05, 0) is 31.9 Å². The molecule has 1 N–H and O–H groups in total. The Hall–Kier alpha value is -2.47. The van der Waals surface area contributed by atoms with Crippen LogP contribution in [0.15, 0.2) is 30.3 Å². The first-order valence-electron chi connectivity index (χ1n) is 7.97. The molecule has 2 rings (SSSR count). The number of ether oxygens (including phenoxy) is 1. The Bertz CT molecular complexity index is 777. The van der Waals surface area contributed by atoms with Gasteiger partial charge in [-0.1, -0.05) is 24.3 Å². The molecule has 5 nitrogen and oxygen atoms in total. The topological polar surface area (TPSA) is 72.5 Å². The third-order valence-electron chi connectivity index (χ3n) is 3.66. The Kier molecular flexibility index (Phi) is 6.47. The van der Waals surface area contributed by atoms with Gasteiger partial charge < -0.3 is 10.1 Å². The van der Waals surface area contributed by atoms with E-state index in [4.69, 9.17) is 4.74 Å². The minimum absolute atomic E-state index is 0.0651. The second kappa shape index (κ2) is 8.58. The van der Waals surface area contributed by atoms with Gasteiger partial charge in [0.2, 0.25) is 5.91 Å². The molecule has 0 spiro atoms. The highest BCUT2D eigenvalue weighted by molar-refractivity contribution is 7.12. The molecule has 1 aromatic heterocycles. The molecule has 1 amide bonds. The smallest absolute Gasteiger partial charge is 0.339 e. The Morgan fingerprint density at radius 1 is 1.12 bits per heavy atom. The molecule has 0 radical (unpaired) electrons. The van der Waals surface area contributed by atoms with Crippen molar-refractivity contribution < 1.29 is 19.1 Å². The van der Waals surface area contributed by atoms with E-state index in [0.717, 1.165) is 15.3 Å². The predicted molar refractivity (Wildman–Crippen MR) is 97.2 cm³/mol. The van der Waals surface area contributed by atoms with Gasteiger partial charge in [-0.2, -0.15) is 0 Å². The van der Waals surface area contributed by atoms with Gasteiger partial charge in [-0.15, -0.1) is 11.3 Å². The van der Waals surface area contributed by atoms with Gasteiger partial charge in [0.25, 0.3) is 0 Å². The number of thiophene rings is 1. The van der Waals surface area contributed by atoms with E-state index in [1.165, 1.54) is 18.3 Å². The maximum absolute atomic E-state index is 12.2. The van der Waals surface area contributed by atoms with Gasteiger partial charge in [0.15, 0.2) is 12.4 Å². The van der Waals surface area contributed by atoms with E-state index in [1.807, 2.05) is 26.0 Å². The van der Waals surface area contributed by atoms with Gasteiger partial charge in [-0.3, -0.25) is 9.59 Å². The summed E-state index contributed by atoms with van der Waals surface area (Å²) in [5.74, 6) is -0.779. The molecular formula is C19H21NO4S. The number of carbonyl (C=O) groups excluding carboxylic acids is 3. The van der Waals surface area contributed by atoms with E-state index in [0.29, 0.717) is 24.1 Å². The summed E-state index contributed by atoms with van der Waals surface area (Å²) in [6.45, 7) is 5.53. The highest BCUT2D eigenvalue weighted by atomic mass is 32.1. The first-order chi connectivity index (χ1) is 11.9. The summed E-state index contributed by atoms with van der Waals surface area (Å²) in [6.07, 6.45) is 0.694. The molecule has 0 aliphatic carbocycles. The minimum atomic E-state index is -0.470. The lowest BCUT2D eigenvalue weighted by Crippen LogP contribution is -2.22. The van der Waals surface area contributed by atoms with Crippen molar-refractivity contribution in [3.63, 3.8) is 0 Å². The third kappa shape index (κ3) is 5.53. The van der Waals surface area contributed by atoms with Crippen molar-refractivity contribution in [2.24, 2.45) is 0 Å². The zero-order valence-corrected chi connectivity index (χ0v) is 15.4. The predicted octanol–water partition coefficient (Wildman–Crippen LogP) is 3.08. The van der Waals surface area contributed by atoms with Crippen LogP contribution in [0, 0.1) is 13.8 Å². The lowest BCUT2D eigenvalue weighted by molar-refractivity contribution is -0.118. The summed E-state index contributed by atoms with van der Waals surface area (Å²) >= 11 is 1.53. The number of Topliss-reactive ketones (excluding diaryl/α,β-unsaturated/α-hetero) is 1. The number of ketones is 1. The molecular weight excluding hydrogens is 338 g/mol. The average Bonchev–Trinajstić information content (AvgIpc) is 2.91. The van der Waals surface area contributed by atoms with E-state index in [2.05, 4.69) is 5.32 Å². The number of amides is 1. The fraction of sp³-hybridized carbons (Fsp3) is 0.316. The second-order valence-electron chi connectivity index (χ2n) is 5.76. The first kappa shape index (κ1) is 18.9. The van der Waals surface area contributed by atoms with E-state index in [9.17, 15) is 14.4 Å². The van der Waals surface area contributed by atoms with Crippen LogP contribution in [-0.4, -0.2) is 30.8 Å². The van der Waals surface area contributed by atoms with Crippen molar-refractivity contribution in [1.82, 2.24) is 5.32 Å². The number of aryl methyl sites for hydroxylation is 2. The number of benzene rings is 1. The van der Waals surface area contributed by atoms with Crippen LogP contribution in [0.3, 0.4) is 0 Å². The van der Waals surface area contributed by atoms with E-state index >= 15 is 0 Å². The molecule has 0 saturated heterocycles. The maximum Gasteiger partial charge on any atom is 0.339 e. The first-order valence-corrected chi connectivity index (χ1v) is 8.79. The summed E-state index contributed by atoms with van der Waals surface area (Å²) in [7, 11) is 0. The van der Waals surface area contributed by atoms with Crippen LogP contribution in [0.4, 0.5) is 0 Å². The zero-order valence-electron chi connectivity index (χ0n) is 14.5. The monoisotopic (exact) mass is 359 g/mol. The van der Waals surface area contributed by atoms with Crippen molar-refractivity contribution in [2.45, 2.75) is 27.2 Å². The van der Waals surface area contributed by atoms with Gasteiger partial charge >= 0.3 is 5.97 Å². The molecule has 0 unspecified atom stereocenters. The molecule has 2 aromatic rings. The normalized spacial score (nSPS) is 10.4. The molecule has 25 heavy (non-hydrogen) atoms. The van der Waals surface area contributed by atoms with Crippen LogP contribution in [0.2, 0.25) is 0 Å². The summed E-state index contributed by atoms with van der Waals surface area (Å²) in [5, 5.41) is 2.72. The number of nitrogens with one attached hydrogen (secondary N) is 1. The maximum atomic E-state index is 12.2. The van der Waals surface area contributed by atoms with Crippen molar-refractivity contribution in [3.05, 3.63) is 56.8 Å². The quantitative estimate of drug-likeness (QED) is 0.609. The van der Waals surface area contributed by atoms with Gasteiger partial charge in [0.05, 0.1) is 5.56 Å². The van der Waals surface area contributed by atoms with Crippen LogP contribution in [-0.2, 0) is 16.0 Å². The zero-order chi connectivity index (χ0) is 18.4. The second-order valence-corrected chi connectivity index (χ2v) is 7.22. The Morgan fingerprint density at radius 3 is 2.36 bits per heavy atom. The number of carbonyl (C=O) groups is 3. The van der Waals surface area contributed by atoms with Gasteiger partial charge in [0, 0.05) is 28.8 Å². The molecule has 0 saturated carbocycles. The van der Waals surface area contributed by atoms with Crippen LogP contribution < -0.4 is 5.32 Å². The lowest BCUT2D eigenvalue weighted by atomic mass is 10.1. The van der Waals surface area contributed by atoms with E-state index < -0.39 is 5.97 Å². The number of hydrogen-bond acceptors (Lipinski definition) is 5. The fourth-order valence-electron chi connectivity index (χ4n) is 2.37. The Balaban J connectivity index is 1.87. The van der Waals surface area contributed by atoms with Crippen LogP contribution in [0.25, 0.3) is 0 Å². The molecule has 1 aromatic carbocycles. The third-order valence-corrected chi connectivity index (χ3v) is 4.62. The Labute approximate surface area is 151 Å². The number of rotatable bonds is 7. The van der Waals surface area contributed by atoms with E-state index in [-0.39, 0.29) is 18.3 Å². The number of hydrogen-bond donors (Lipinski definition) is 1. The van der Waals surface area contributed by atoms with Crippen molar-refractivity contribution in [3.8, 4) is 0 Å². The van der Waals surface area contributed by atoms with Gasteiger partial charge in [-0.25, -0.2) is 4.79 Å². The molecule has 0 aliphatic heterocycles. The van der Waals surface area contributed by atoms with Gasteiger partial charge in [0.1, 0.15) is 0 Å². The van der Waals surface area contributed by atoms with Crippen LogP contribution in [0.5, 0.6) is 0 Å². The minimum Gasteiger partial charge on any atom is -0.454 e. The van der Waals surface area contributed by atoms with Crippen molar-refractivity contribution in [1.29, 1.82) is 0 Å². The number of esters is 1. The Morgan fingerprint density at radius 2 is 1.80 bits per heavy atom. The molecule has 6 heteroatoms. The summed E-state index contributed by atoms with van der Waals surface area (Å²) in [6, 6.07) is 8.86. The summed E-state index contributed by atoms with van der Waals surface area (Å²) in [4.78, 5) is 36.9. The summed E-state index contributed by atoms with van der Waals surface area (Å²) < 4.78 is 5.13. The largest absolute Gasteiger partial charge is 0.454 e. The SMILES string of the molecule is CC(=O)NCCc1ccc(C(=O)COC(=O)c2cc(C)sc2C)cc1. The molecule has 1 heterocycles. The standard InChI is InChI=1S/C19H21NO4S/c1-12-10-17(13(2)25-12)19(23)24-11-18(22)16-6-4-15(5-7-16)8-9-20-14(3)21/h4-7,10H,8-9,11H2,1-3H3,(H,20,21). The lowest BCUT2D eigenvalue weighted by Gasteiger charge is -2.06. The highest BCUT2D eigenvalue weighted by Gasteiger charge is 2.15. The summed E-state index contributed by atoms with van der Waals surface area (Å²) in [5.41, 5.74) is 2.03. The fourth-order valence-corrected chi connectivity index (χ4v) is 3.28. The van der Waals surface area contributed by atoms with Crippen LogP contribution in [0.1, 0.15) is 43.0 Å².